The van der Waals surface area contributed by atoms with Crippen molar-refractivity contribution < 1.29 is 19.1 Å². The second kappa shape index (κ2) is 8.48. The molecule has 1 aromatic rings. The molecule has 0 saturated heterocycles. The molecule has 24 heavy (non-hydrogen) atoms. The summed E-state index contributed by atoms with van der Waals surface area (Å²) in [5.41, 5.74) is 7.49. The third-order valence-corrected chi connectivity index (χ3v) is 3.03. The van der Waals surface area contributed by atoms with Crippen molar-refractivity contribution in [2.24, 2.45) is 5.73 Å². The first-order valence-corrected chi connectivity index (χ1v) is 7.16. The SMILES string of the molecule is C/C(N)=C(/C#N)C(=O)COC(=O)CNC(=O)c1cc(C)cc(C)c1. The number of nitrogens with one attached hydrogen (secondary N) is 1. The van der Waals surface area contributed by atoms with Gasteiger partial charge in [-0.05, 0) is 32.9 Å². The van der Waals surface area contributed by atoms with Gasteiger partial charge >= 0.3 is 5.97 Å². The number of hydrogen-bond acceptors (Lipinski definition) is 6. The monoisotopic (exact) mass is 329 g/mol. The van der Waals surface area contributed by atoms with Gasteiger partial charge in [-0.2, -0.15) is 5.26 Å². The predicted octanol–water partition coefficient (Wildman–Crippen LogP) is 0.902. The molecule has 0 aliphatic carbocycles. The number of benzene rings is 1. The van der Waals surface area contributed by atoms with Crippen molar-refractivity contribution >= 4 is 17.7 Å². The third-order valence-electron chi connectivity index (χ3n) is 3.03. The van der Waals surface area contributed by atoms with E-state index in [0.717, 1.165) is 11.1 Å². The number of aryl methyl sites for hydroxylation is 2. The lowest BCUT2D eigenvalue weighted by Crippen LogP contribution is -2.31. The number of carbonyl (C=O) groups is 3. The van der Waals surface area contributed by atoms with Crippen LogP contribution in [0.25, 0.3) is 0 Å². The van der Waals surface area contributed by atoms with Crippen molar-refractivity contribution in [1.29, 1.82) is 5.26 Å². The van der Waals surface area contributed by atoms with Crippen molar-refractivity contribution in [2.75, 3.05) is 13.2 Å². The van der Waals surface area contributed by atoms with Crippen LogP contribution in [-0.2, 0) is 14.3 Å². The summed E-state index contributed by atoms with van der Waals surface area (Å²) in [4.78, 5) is 35.2. The molecule has 0 spiro atoms. The van der Waals surface area contributed by atoms with E-state index in [9.17, 15) is 14.4 Å². The number of Topliss-reactive ketones (excluding diaryl/α,β-unsaturated/α-hetero) is 1. The summed E-state index contributed by atoms with van der Waals surface area (Å²) < 4.78 is 4.73. The minimum absolute atomic E-state index is 0.0571. The Bertz CT molecular complexity index is 720. The lowest BCUT2D eigenvalue weighted by Gasteiger charge is -2.07. The van der Waals surface area contributed by atoms with Crippen LogP contribution in [0.3, 0.4) is 0 Å². The van der Waals surface area contributed by atoms with Gasteiger partial charge in [0.1, 0.15) is 18.2 Å². The summed E-state index contributed by atoms with van der Waals surface area (Å²) in [5.74, 6) is -1.89. The fourth-order valence-corrected chi connectivity index (χ4v) is 2.00. The molecule has 0 heterocycles. The summed E-state index contributed by atoms with van der Waals surface area (Å²) in [6.45, 7) is 4.15. The molecule has 0 fully saturated rings. The summed E-state index contributed by atoms with van der Waals surface area (Å²) in [6, 6.07) is 6.98. The average Bonchev–Trinajstić information content (AvgIpc) is 2.49. The molecule has 126 valence electrons. The highest BCUT2D eigenvalue weighted by molar-refractivity contribution is 6.01. The van der Waals surface area contributed by atoms with Crippen LogP contribution in [0.4, 0.5) is 0 Å². The van der Waals surface area contributed by atoms with Gasteiger partial charge in [0.25, 0.3) is 5.91 Å². The maximum atomic E-state index is 12.0. The van der Waals surface area contributed by atoms with Gasteiger partial charge in [-0.3, -0.25) is 14.4 Å². The maximum Gasteiger partial charge on any atom is 0.325 e. The minimum Gasteiger partial charge on any atom is -0.456 e. The molecule has 3 N–H and O–H groups in total. The molecule has 0 aliphatic heterocycles. The number of esters is 1. The van der Waals surface area contributed by atoms with E-state index in [1.54, 1.807) is 18.2 Å². The van der Waals surface area contributed by atoms with Crippen molar-refractivity contribution in [3.8, 4) is 6.07 Å². The van der Waals surface area contributed by atoms with Crippen LogP contribution in [-0.4, -0.2) is 30.8 Å². The average molecular weight is 329 g/mol. The molecule has 0 unspecified atom stereocenters. The normalized spacial score (nSPS) is 11.1. The molecule has 0 bridgehead atoms. The van der Waals surface area contributed by atoms with Gasteiger partial charge in [0.05, 0.1) is 0 Å². The number of hydrogen-bond donors (Lipinski definition) is 2. The Balaban J connectivity index is 2.52. The molecule has 0 aliphatic rings. The third kappa shape index (κ3) is 5.57. The van der Waals surface area contributed by atoms with E-state index in [1.165, 1.54) is 6.92 Å². The maximum absolute atomic E-state index is 12.0. The first kappa shape index (κ1) is 18.9. The van der Waals surface area contributed by atoms with E-state index in [-0.39, 0.29) is 17.8 Å². The molecule has 0 radical (unpaired) electrons. The molecule has 0 aromatic heterocycles. The number of ketones is 1. The second-order valence-corrected chi connectivity index (χ2v) is 5.31. The Hall–Kier alpha value is -3.14. The molecule has 0 atom stereocenters. The number of nitriles is 1. The Morgan fingerprint density at radius 1 is 1.21 bits per heavy atom. The topological polar surface area (TPSA) is 122 Å². The first-order valence-electron chi connectivity index (χ1n) is 7.16. The van der Waals surface area contributed by atoms with Crippen LogP contribution < -0.4 is 11.1 Å². The smallest absolute Gasteiger partial charge is 0.325 e. The lowest BCUT2D eigenvalue weighted by atomic mass is 10.1. The van der Waals surface area contributed by atoms with Crippen molar-refractivity contribution in [1.82, 2.24) is 5.32 Å². The second-order valence-electron chi connectivity index (χ2n) is 5.31. The predicted molar refractivity (Wildman–Crippen MR) is 86.7 cm³/mol. The van der Waals surface area contributed by atoms with Gasteiger partial charge in [0, 0.05) is 11.3 Å². The minimum atomic E-state index is -0.784. The number of carbonyl (C=O) groups excluding carboxylic acids is 3. The van der Waals surface area contributed by atoms with Crippen LogP contribution >= 0.6 is 0 Å². The largest absolute Gasteiger partial charge is 0.456 e. The highest BCUT2D eigenvalue weighted by Crippen LogP contribution is 2.08. The van der Waals surface area contributed by atoms with E-state index in [4.69, 9.17) is 15.7 Å². The molecule has 7 nitrogen and oxygen atoms in total. The summed E-state index contributed by atoms with van der Waals surface area (Å²) in [5, 5.41) is 11.2. The molecule has 7 heteroatoms. The van der Waals surface area contributed by atoms with Gasteiger partial charge in [0.2, 0.25) is 5.78 Å². The fraction of sp³-hybridized carbons (Fsp3) is 0.294. The van der Waals surface area contributed by atoms with E-state index in [1.807, 2.05) is 19.9 Å². The number of ether oxygens (including phenoxy) is 1. The zero-order valence-electron chi connectivity index (χ0n) is 13.8. The van der Waals surface area contributed by atoms with Crippen LogP contribution in [0.2, 0.25) is 0 Å². The summed E-state index contributed by atoms with van der Waals surface area (Å²) >= 11 is 0. The van der Waals surface area contributed by atoms with Gasteiger partial charge < -0.3 is 15.8 Å². The zero-order valence-corrected chi connectivity index (χ0v) is 13.8. The molecule has 1 amide bonds. The zero-order chi connectivity index (χ0) is 18.3. The number of nitrogens with two attached hydrogens (primary N) is 1. The number of amides is 1. The first-order chi connectivity index (χ1) is 11.2. The van der Waals surface area contributed by atoms with Crippen molar-refractivity contribution in [3.05, 3.63) is 46.2 Å². The van der Waals surface area contributed by atoms with E-state index in [0.29, 0.717) is 5.56 Å². The van der Waals surface area contributed by atoms with Gasteiger partial charge in [-0.25, -0.2) is 0 Å². The Kier molecular flexibility index (Phi) is 6.68. The highest BCUT2D eigenvalue weighted by Gasteiger charge is 2.15. The van der Waals surface area contributed by atoms with Crippen LogP contribution in [0.5, 0.6) is 0 Å². The number of rotatable bonds is 6. The molecule has 1 aromatic carbocycles. The van der Waals surface area contributed by atoms with Gasteiger partial charge in [-0.15, -0.1) is 0 Å². The molecule has 0 saturated carbocycles. The Morgan fingerprint density at radius 2 is 1.79 bits per heavy atom. The standard InChI is InChI=1S/C17H19N3O4/c1-10-4-11(2)6-13(5-10)17(23)20-8-16(22)24-9-15(21)14(7-18)12(3)19/h4-6H,8-9,19H2,1-3H3,(H,20,23)/b14-12+. The Morgan fingerprint density at radius 3 is 2.29 bits per heavy atom. The molecular weight excluding hydrogens is 310 g/mol. The van der Waals surface area contributed by atoms with Gasteiger partial charge in [-0.1, -0.05) is 17.2 Å². The summed E-state index contributed by atoms with van der Waals surface area (Å²) in [6.07, 6.45) is 0. The molecular formula is C17H19N3O4. The number of allylic oxidation sites excluding steroid dienone is 1. The number of nitrogens with zero attached hydrogens (tertiary/aromatic N) is 1. The summed E-state index contributed by atoms with van der Waals surface area (Å²) in [7, 11) is 0. The van der Waals surface area contributed by atoms with Crippen LogP contribution in [0.1, 0.15) is 28.4 Å². The Labute approximate surface area is 140 Å². The highest BCUT2D eigenvalue weighted by atomic mass is 16.5. The van der Waals surface area contributed by atoms with E-state index in [2.05, 4.69) is 5.32 Å². The van der Waals surface area contributed by atoms with Gasteiger partial charge in [0.15, 0.2) is 6.61 Å². The molecule has 1 rings (SSSR count). The van der Waals surface area contributed by atoms with E-state index >= 15 is 0 Å². The quantitative estimate of drug-likeness (QED) is 0.454. The van der Waals surface area contributed by atoms with Crippen molar-refractivity contribution in [3.63, 3.8) is 0 Å². The van der Waals surface area contributed by atoms with E-state index < -0.39 is 24.3 Å². The van der Waals surface area contributed by atoms with Crippen LogP contribution in [0.15, 0.2) is 29.5 Å². The van der Waals surface area contributed by atoms with Crippen molar-refractivity contribution in [2.45, 2.75) is 20.8 Å². The van der Waals surface area contributed by atoms with Crippen LogP contribution in [0, 0.1) is 25.2 Å². The fourth-order valence-electron chi connectivity index (χ4n) is 2.00. The lowest BCUT2D eigenvalue weighted by molar-refractivity contribution is -0.145.